The monoisotopic (exact) mass is 417 g/mol. The summed E-state index contributed by atoms with van der Waals surface area (Å²) in [5, 5.41) is 10.4. The zero-order valence-corrected chi connectivity index (χ0v) is 19.0. The predicted molar refractivity (Wildman–Crippen MR) is 123 cm³/mol. The van der Waals surface area contributed by atoms with Crippen LogP contribution in [0.25, 0.3) is 16.6 Å². The Kier molecular flexibility index (Phi) is 7.80. The third-order valence-electron chi connectivity index (χ3n) is 5.11. The van der Waals surface area contributed by atoms with Crippen LogP contribution in [0.1, 0.15) is 45.9 Å². The summed E-state index contributed by atoms with van der Waals surface area (Å²) < 4.78 is 7.81. The molecule has 2 rings (SSSR count). The molecule has 6 heteroatoms. The van der Waals surface area contributed by atoms with Crippen LogP contribution >= 0.6 is 11.6 Å². The molecule has 0 aliphatic rings. The van der Waals surface area contributed by atoms with Gasteiger partial charge in [-0.3, -0.25) is 4.99 Å². The lowest BCUT2D eigenvalue weighted by atomic mass is 9.85. The molecule has 0 saturated heterocycles. The smallest absolute Gasteiger partial charge is 0.129 e. The van der Waals surface area contributed by atoms with Gasteiger partial charge in [0, 0.05) is 37.6 Å². The number of nitrogens with zero attached hydrogens (tertiary/aromatic N) is 3. The van der Waals surface area contributed by atoms with E-state index in [-0.39, 0.29) is 18.1 Å². The van der Waals surface area contributed by atoms with Crippen LogP contribution in [0.5, 0.6) is 0 Å². The number of aliphatic imine (C=N–C) groups is 1. The Morgan fingerprint density at radius 1 is 1.45 bits per heavy atom. The number of halogens is 1. The SMILES string of the molecule is C=C/C(=C(\N=C/C)[C@H](C)OC)c1c(CC(C)(C)CO)c2nc(Cl)ccc2n1CC. The molecular weight excluding hydrogens is 386 g/mol. The van der Waals surface area contributed by atoms with E-state index in [1.807, 2.05) is 39.8 Å². The highest BCUT2D eigenvalue weighted by atomic mass is 35.5. The summed E-state index contributed by atoms with van der Waals surface area (Å²) in [6, 6.07) is 3.80. The Hall–Kier alpha value is -1.95. The molecule has 0 radical (unpaired) electrons. The fourth-order valence-corrected chi connectivity index (χ4v) is 3.72. The number of allylic oxidation sites excluding steroid dienone is 2. The minimum absolute atomic E-state index is 0.0629. The number of aromatic nitrogens is 2. The highest BCUT2D eigenvalue weighted by Crippen LogP contribution is 2.37. The second kappa shape index (κ2) is 9.70. The second-order valence-corrected chi connectivity index (χ2v) is 8.23. The first kappa shape index (κ1) is 23.3. The van der Waals surface area contributed by atoms with E-state index in [4.69, 9.17) is 16.3 Å². The maximum absolute atomic E-state index is 9.92. The van der Waals surface area contributed by atoms with Crippen LogP contribution in [-0.4, -0.2) is 40.7 Å². The number of fused-ring (bicyclic) bond motifs is 1. The normalized spacial score (nSPS) is 14.5. The molecular formula is C23H32ClN3O2. The van der Waals surface area contributed by atoms with E-state index in [1.165, 1.54) is 0 Å². The topological polar surface area (TPSA) is 59.6 Å². The van der Waals surface area contributed by atoms with Gasteiger partial charge in [0.05, 0.1) is 28.5 Å². The molecule has 0 bridgehead atoms. The molecule has 0 aromatic carbocycles. The van der Waals surface area contributed by atoms with Crippen LogP contribution in [0, 0.1) is 5.41 Å². The van der Waals surface area contributed by atoms with Crippen LogP contribution in [-0.2, 0) is 17.7 Å². The van der Waals surface area contributed by atoms with Gasteiger partial charge in [-0.15, -0.1) is 0 Å². The van der Waals surface area contributed by atoms with Gasteiger partial charge in [-0.2, -0.15) is 0 Å². The molecule has 2 aromatic heterocycles. The highest BCUT2D eigenvalue weighted by molar-refractivity contribution is 6.29. The van der Waals surface area contributed by atoms with Gasteiger partial charge in [-0.1, -0.05) is 38.1 Å². The quantitative estimate of drug-likeness (QED) is 0.342. The summed E-state index contributed by atoms with van der Waals surface area (Å²) in [6.07, 6.45) is 4.02. The average molecular weight is 418 g/mol. The van der Waals surface area contributed by atoms with Gasteiger partial charge in [-0.25, -0.2) is 4.98 Å². The third kappa shape index (κ3) is 4.80. The molecule has 1 atom stereocenters. The van der Waals surface area contributed by atoms with E-state index in [2.05, 4.69) is 28.0 Å². The van der Waals surface area contributed by atoms with Gasteiger partial charge in [-0.05, 0) is 44.7 Å². The van der Waals surface area contributed by atoms with Crippen molar-refractivity contribution in [3.63, 3.8) is 0 Å². The molecule has 29 heavy (non-hydrogen) atoms. The Morgan fingerprint density at radius 3 is 2.66 bits per heavy atom. The molecule has 158 valence electrons. The molecule has 0 aliphatic carbocycles. The van der Waals surface area contributed by atoms with Crippen LogP contribution in [0.15, 0.2) is 35.5 Å². The predicted octanol–water partition coefficient (Wildman–Crippen LogP) is 5.29. The number of hydrogen-bond acceptors (Lipinski definition) is 4. The average Bonchev–Trinajstić information content (AvgIpc) is 2.99. The van der Waals surface area contributed by atoms with Crippen LogP contribution in [0.2, 0.25) is 5.15 Å². The molecule has 2 aromatic rings. The third-order valence-corrected chi connectivity index (χ3v) is 5.32. The second-order valence-electron chi connectivity index (χ2n) is 7.84. The highest BCUT2D eigenvalue weighted by Gasteiger charge is 2.28. The molecule has 0 fully saturated rings. The van der Waals surface area contributed by atoms with E-state index >= 15 is 0 Å². The molecule has 0 spiro atoms. The van der Waals surface area contributed by atoms with Crippen molar-refractivity contribution in [2.24, 2.45) is 10.4 Å². The van der Waals surface area contributed by atoms with Gasteiger partial charge in [0.25, 0.3) is 0 Å². The minimum atomic E-state index is -0.320. The van der Waals surface area contributed by atoms with E-state index in [0.717, 1.165) is 40.1 Å². The van der Waals surface area contributed by atoms with Crippen LogP contribution in [0.4, 0.5) is 0 Å². The molecule has 5 nitrogen and oxygen atoms in total. The molecule has 0 aliphatic heterocycles. The fourth-order valence-electron chi connectivity index (χ4n) is 3.57. The number of aliphatic hydroxyl groups is 1. The number of ether oxygens (including phenoxy) is 1. The van der Waals surface area contributed by atoms with E-state index in [0.29, 0.717) is 11.6 Å². The Labute approximate surface area is 178 Å². The largest absolute Gasteiger partial charge is 0.396 e. The molecule has 2 heterocycles. The Balaban J connectivity index is 3.01. The van der Waals surface area contributed by atoms with Crippen molar-refractivity contribution in [3.8, 4) is 0 Å². The molecule has 0 amide bonds. The summed E-state index contributed by atoms with van der Waals surface area (Å²) >= 11 is 6.25. The summed E-state index contributed by atoms with van der Waals surface area (Å²) in [5.41, 5.74) is 5.26. The number of aryl methyl sites for hydroxylation is 1. The number of pyridine rings is 1. The van der Waals surface area contributed by atoms with Crippen molar-refractivity contribution in [2.75, 3.05) is 13.7 Å². The van der Waals surface area contributed by atoms with E-state index in [9.17, 15) is 5.11 Å². The minimum Gasteiger partial charge on any atom is -0.396 e. The lowest BCUT2D eigenvalue weighted by Crippen LogP contribution is -2.21. The fraction of sp³-hybridized carbons (Fsp3) is 0.478. The lowest BCUT2D eigenvalue weighted by Gasteiger charge is -2.23. The number of methoxy groups -OCH3 is 1. The first-order valence-electron chi connectivity index (χ1n) is 9.91. The van der Waals surface area contributed by atoms with Crippen molar-refractivity contribution in [1.29, 1.82) is 0 Å². The lowest BCUT2D eigenvalue weighted by molar-refractivity contribution is 0.146. The maximum Gasteiger partial charge on any atom is 0.129 e. The molecule has 0 unspecified atom stereocenters. The number of rotatable bonds is 9. The summed E-state index contributed by atoms with van der Waals surface area (Å²) in [7, 11) is 1.67. The number of hydrogen-bond donors (Lipinski definition) is 1. The summed E-state index contributed by atoms with van der Waals surface area (Å²) in [6.45, 7) is 14.9. The molecule has 1 N–H and O–H groups in total. The van der Waals surface area contributed by atoms with Crippen molar-refractivity contribution in [3.05, 3.63) is 46.9 Å². The maximum atomic E-state index is 9.92. The van der Waals surface area contributed by atoms with Crippen LogP contribution in [0.3, 0.4) is 0 Å². The van der Waals surface area contributed by atoms with E-state index in [1.54, 1.807) is 19.4 Å². The van der Waals surface area contributed by atoms with Crippen molar-refractivity contribution in [2.45, 2.75) is 53.7 Å². The standard InChI is InChI=1S/C23H32ClN3O2/c1-8-16(20(25-9-2)15(4)29-7)22-17(13-23(5,6)14-28)21-18(27(22)10-3)11-12-19(24)26-21/h8-9,11-12,15,28H,1,10,13-14H2,2-7H3/b20-16+,25-9-/t15-/m0/s1. The number of aliphatic hydroxyl groups excluding tert-OH is 1. The van der Waals surface area contributed by atoms with Gasteiger partial charge in [0.1, 0.15) is 5.15 Å². The Morgan fingerprint density at radius 2 is 2.14 bits per heavy atom. The van der Waals surface area contributed by atoms with Gasteiger partial charge >= 0.3 is 0 Å². The van der Waals surface area contributed by atoms with Gasteiger partial charge in [0.15, 0.2) is 0 Å². The zero-order valence-electron chi connectivity index (χ0n) is 18.3. The first-order chi connectivity index (χ1) is 13.7. The van der Waals surface area contributed by atoms with Crippen molar-refractivity contribution < 1.29 is 9.84 Å². The van der Waals surface area contributed by atoms with Crippen molar-refractivity contribution in [1.82, 2.24) is 9.55 Å². The van der Waals surface area contributed by atoms with Crippen molar-refractivity contribution >= 4 is 34.4 Å². The molecule has 0 saturated carbocycles. The summed E-state index contributed by atoms with van der Waals surface area (Å²) in [4.78, 5) is 9.26. The van der Waals surface area contributed by atoms with Crippen LogP contribution < -0.4 is 0 Å². The van der Waals surface area contributed by atoms with Gasteiger partial charge < -0.3 is 14.4 Å². The van der Waals surface area contributed by atoms with Gasteiger partial charge in [0.2, 0.25) is 0 Å². The Bertz CT molecular complexity index is 941. The summed E-state index contributed by atoms with van der Waals surface area (Å²) in [5.74, 6) is 0. The first-order valence-corrected chi connectivity index (χ1v) is 10.3. The van der Waals surface area contributed by atoms with E-state index < -0.39 is 0 Å². The zero-order chi connectivity index (χ0) is 21.8.